The van der Waals surface area contributed by atoms with Gasteiger partial charge in [0.15, 0.2) is 0 Å². The molecule has 0 radical (unpaired) electrons. The summed E-state index contributed by atoms with van der Waals surface area (Å²) in [5.74, 6) is 5.43. The molecule has 1 aromatic carbocycles. The standard InChI is InChI=1S/C10H14Cl2N2O/c1-2-15-6-9(14-13)7-4-3-5-8(11)10(7)12/h3-5,9,14H,2,6,13H2,1H3. The van der Waals surface area contributed by atoms with E-state index in [-0.39, 0.29) is 6.04 Å². The molecule has 15 heavy (non-hydrogen) atoms. The van der Waals surface area contributed by atoms with E-state index in [0.29, 0.717) is 23.3 Å². The van der Waals surface area contributed by atoms with E-state index in [9.17, 15) is 0 Å². The molecular formula is C10H14Cl2N2O. The summed E-state index contributed by atoms with van der Waals surface area (Å²) < 4.78 is 5.29. The zero-order valence-corrected chi connectivity index (χ0v) is 9.98. The van der Waals surface area contributed by atoms with Crippen LogP contribution in [-0.2, 0) is 4.74 Å². The van der Waals surface area contributed by atoms with Crippen molar-refractivity contribution in [1.82, 2.24) is 5.43 Å². The summed E-state index contributed by atoms with van der Waals surface area (Å²) in [6.07, 6.45) is 0. The second-order valence-corrected chi connectivity index (χ2v) is 3.81. The van der Waals surface area contributed by atoms with Crippen LogP contribution in [0.3, 0.4) is 0 Å². The van der Waals surface area contributed by atoms with Gasteiger partial charge in [-0.1, -0.05) is 35.3 Å². The zero-order valence-electron chi connectivity index (χ0n) is 8.47. The van der Waals surface area contributed by atoms with Crippen LogP contribution in [0.15, 0.2) is 18.2 Å². The fourth-order valence-electron chi connectivity index (χ4n) is 1.25. The predicted octanol–water partition coefficient (Wildman–Crippen LogP) is 2.53. The topological polar surface area (TPSA) is 47.3 Å². The Balaban J connectivity index is 2.86. The van der Waals surface area contributed by atoms with Crippen molar-refractivity contribution in [3.05, 3.63) is 33.8 Å². The Labute approximate surface area is 99.5 Å². The summed E-state index contributed by atoms with van der Waals surface area (Å²) in [6.45, 7) is 3.02. The van der Waals surface area contributed by atoms with Crippen molar-refractivity contribution in [2.45, 2.75) is 13.0 Å². The summed E-state index contributed by atoms with van der Waals surface area (Å²) in [7, 11) is 0. The van der Waals surface area contributed by atoms with E-state index in [1.807, 2.05) is 19.1 Å². The van der Waals surface area contributed by atoms with Crippen LogP contribution in [0.25, 0.3) is 0 Å². The van der Waals surface area contributed by atoms with Gasteiger partial charge in [0.25, 0.3) is 0 Å². The Hall–Kier alpha value is -0.320. The van der Waals surface area contributed by atoms with Gasteiger partial charge in [0.1, 0.15) is 0 Å². The fourth-order valence-corrected chi connectivity index (χ4v) is 1.69. The van der Waals surface area contributed by atoms with Crippen molar-refractivity contribution in [1.29, 1.82) is 0 Å². The van der Waals surface area contributed by atoms with Gasteiger partial charge in [0, 0.05) is 6.61 Å². The van der Waals surface area contributed by atoms with Crippen LogP contribution in [0, 0.1) is 0 Å². The van der Waals surface area contributed by atoms with Gasteiger partial charge in [0.2, 0.25) is 0 Å². The van der Waals surface area contributed by atoms with Gasteiger partial charge in [0.05, 0.1) is 22.7 Å². The lowest BCUT2D eigenvalue weighted by Gasteiger charge is -2.17. The number of benzene rings is 1. The molecule has 0 aliphatic heterocycles. The van der Waals surface area contributed by atoms with Gasteiger partial charge in [-0.2, -0.15) is 0 Å². The number of hydrogen-bond donors (Lipinski definition) is 2. The highest BCUT2D eigenvalue weighted by Crippen LogP contribution is 2.29. The van der Waals surface area contributed by atoms with E-state index in [2.05, 4.69) is 5.43 Å². The molecule has 5 heteroatoms. The van der Waals surface area contributed by atoms with Crippen LogP contribution in [-0.4, -0.2) is 13.2 Å². The Morgan fingerprint density at radius 1 is 1.47 bits per heavy atom. The Bertz CT molecular complexity index is 320. The number of halogens is 2. The smallest absolute Gasteiger partial charge is 0.0708 e. The van der Waals surface area contributed by atoms with E-state index < -0.39 is 0 Å². The number of nitrogens with two attached hydrogens (primary N) is 1. The highest BCUT2D eigenvalue weighted by molar-refractivity contribution is 6.42. The van der Waals surface area contributed by atoms with E-state index in [4.69, 9.17) is 33.8 Å². The minimum atomic E-state index is -0.142. The molecule has 0 aromatic heterocycles. The molecule has 0 heterocycles. The second-order valence-electron chi connectivity index (χ2n) is 3.02. The maximum atomic E-state index is 6.06. The minimum absolute atomic E-state index is 0.142. The van der Waals surface area contributed by atoms with Gasteiger partial charge in [-0.15, -0.1) is 0 Å². The van der Waals surface area contributed by atoms with E-state index in [1.165, 1.54) is 0 Å². The van der Waals surface area contributed by atoms with E-state index in [0.717, 1.165) is 5.56 Å². The first kappa shape index (κ1) is 12.7. The first-order chi connectivity index (χ1) is 7.20. The predicted molar refractivity (Wildman–Crippen MR) is 63.0 cm³/mol. The van der Waals surface area contributed by atoms with Crippen LogP contribution >= 0.6 is 23.2 Å². The molecule has 1 rings (SSSR count). The normalized spacial score (nSPS) is 12.8. The van der Waals surface area contributed by atoms with Crippen LogP contribution in [0.1, 0.15) is 18.5 Å². The van der Waals surface area contributed by atoms with Gasteiger partial charge >= 0.3 is 0 Å². The molecule has 3 nitrogen and oxygen atoms in total. The lowest BCUT2D eigenvalue weighted by molar-refractivity contribution is 0.123. The quantitative estimate of drug-likeness (QED) is 0.622. The highest BCUT2D eigenvalue weighted by atomic mass is 35.5. The first-order valence-corrected chi connectivity index (χ1v) is 5.44. The molecule has 0 fully saturated rings. The molecule has 0 amide bonds. The van der Waals surface area contributed by atoms with Gasteiger partial charge in [-0.05, 0) is 18.6 Å². The van der Waals surface area contributed by atoms with Crippen LogP contribution in [0.5, 0.6) is 0 Å². The summed E-state index contributed by atoms with van der Waals surface area (Å²) in [4.78, 5) is 0. The van der Waals surface area contributed by atoms with Crippen molar-refractivity contribution in [3.63, 3.8) is 0 Å². The molecule has 84 valence electrons. The molecule has 0 bridgehead atoms. The molecule has 1 atom stereocenters. The SMILES string of the molecule is CCOCC(NN)c1cccc(Cl)c1Cl. The highest BCUT2D eigenvalue weighted by Gasteiger charge is 2.14. The average molecular weight is 249 g/mol. The lowest BCUT2D eigenvalue weighted by Crippen LogP contribution is -2.31. The van der Waals surface area contributed by atoms with Crippen LogP contribution in [0.4, 0.5) is 0 Å². The van der Waals surface area contributed by atoms with Crippen LogP contribution in [0.2, 0.25) is 10.0 Å². The molecule has 0 saturated carbocycles. The Morgan fingerprint density at radius 3 is 2.80 bits per heavy atom. The summed E-state index contributed by atoms with van der Waals surface area (Å²) >= 11 is 12.0. The molecule has 3 N–H and O–H groups in total. The van der Waals surface area contributed by atoms with Crippen molar-refractivity contribution in [2.75, 3.05) is 13.2 Å². The molecule has 1 aromatic rings. The fraction of sp³-hybridized carbons (Fsp3) is 0.400. The monoisotopic (exact) mass is 248 g/mol. The molecule has 0 saturated heterocycles. The van der Waals surface area contributed by atoms with Gasteiger partial charge in [-0.25, -0.2) is 0 Å². The summed E-state index contributed by atoms with van der Waals surface area (Å²) in [5.41, 5.74) is 3.50. The van der Waals surface area contributed by atoms with Crippen molar-refractivity contribution < 1.29 is 4.74 Å². The van der Waals surface area contributed by atoms with Crippen LogP contribution < -0.4 is 11.3 Å². The molecule has 0 aliphatic carbocycles. The number of ether oxygens (including phenoxy) is 1. The zero-order chi connectivity index (χ0) is 11.3. The third-order valence-electron chi connectivity index (χ3n) is 2.05. The van der Waals surface area contributed by atoms with Crippen molar-refractivity contribution >= 4 is 23.2 Å². The number of rotatable bonds is 5. The van der Waals surface area contributed by atoms with Crippen molar-refractivity contribution in [3.8, 4) is 0 Å². The van der Waals surface area contributed by atoms with Gasteiger partial charge < -0.3 is 4.74 Å². The number of hydrogen-bond acceptors (Lipinski definition) is 3. The first-order valence-electron chi connectivity index (χ1n) is 4.68. The minimum Gasteiger partial charge on any atom is -0.380 e. The van der Waals surface area contributed by atoms with Gasteiger partial charge in [-0.3, -0.25) is 11.3 Å². The molecule has 0 aliphatic rings. The third kappa shape index (κ3) is 3.33. The van der Waals surface area contributed by atoms with E-state index >= 15 is 0 Å². The Morgan fingerprint density at radius 2 is 2.20 bits per heavy atom. The third-order valence-corrected chi connectivity index (χ3v) is 2.88. The number of hydrazine groups is 1. The average Bonchev–Trinajstić information content (AvgIpc) is 2.25. The Kier molecular flexibility index (Phi) is 5.36. The maximum Gasteiger partial charge on any atom is 0.0708 e. The lowest BCUT2D eigenvalue weighted by atomic mass is 10.1. The van der Waals surface area contributed by atoms with E-state index in [1.54, 1.807) is 6.07 Å². The maximum absolute atomic E-state index is 6.06. The largest absolute Gasteiger partial charge is 0.380 e. The summed E-state index contributed by atoms with van der Waals surface area (Å²) in [6, 6.07) is 5.30. The molecule has 1 unspecified atom stereocenters. The molecular weight excluding hydrogens is 235 g/mol. The molecule has 0 spiro atoms. The summed E-state index contributed by atoms with van der Waals surface area (Å²) in [5, 5.41) is 1.03. The second kappa shape index (κ2) is 6.30. The van der Waals surface area contributed by atoms with Crippen molar-refractivity contribution in [2.24, 2.45) is 5.84 Å². The number of nitrogens with one attached hydrogen (secondary N) is 1.